The summed E-state index contributed by atoms with van der Waals surface area (Å²) in [7, 11) is 0. The Kier molecular flexibility index (Phi) is 8.22. The molecule has 1 aliphatic rings. The summed E-state index contributed by atoms with van der Waals surface area (Å²) in [5.74, 6) is -0.516. The molecule has 0 radical (unpaired) electrons. The number of rotatable bonds is 11. The van der Waals surface area contributed by atoms with Crippen LogP contribution in [0.2, 0.25) is 0 Å². The van der Waals surface area contributed by atoms with E-state index in [9.17, 15) is 14.3 Å². The van der Waals surface area contributed by atoms with E-state index in [1.807, 2.05) is 35.0 Å². The van der Waals surface area contributed by atoms with Crippen molar-refractivity contribution in [2.45, 2.75) is 42.7 Å². The van der Waals surface area contributed by atoms with Crippen molar-refractivity contribution in [1.29, 1.82) is 0 Å². The normalized spacial score (nSPS) is 13.7. The number of aliphatic carboxylic acids is 1. The number of aryl methyl sites for hydroxylation is 1. The van der Waals surface area contributed by atoms with E-state index in [1.165, 1.54) is 35.2 Å². The predicted molar refractivity (Wildman–Crippen MR) is 142 cm³/mol. The molecule has 0 unspecified atom stereocenters. The lowest BCUT2D eigenvalue weighted by molar-refractivity contribution is -0.138. The number of aromatic nitrogens is 3. The van der Waals surface area contributed by atoms with Crippen LogP contribution in [0.4, 0.5) is 16.0 Å². The molecule has 0 saturated carbocycles. The maximum atomic E-state index is 13.7. The van der Waals surface area contributed by atoms with Gasteiger partial charge in [0.05, 0.1) is 11.4 Å². The molecule has 0 amide bonds. The van der Waals surface area contributed by atoms with Crippen molar-refractivity contribution in [2.24, 2.45) is 0 Å². The second kappa shape index (κ2) is 11.4. The second-order valence-corrected chi connectivity index (χ2v) is 11.6. The second-order valence-electron chi connectivity index (χ2n) is 8.91. The van der Waals surface area contributed by atoms with E-state index in [1.54, 1.807) is 19.9 Å². The molecule has 0 fully saturated rings. The van der Waals surface area contributed by atoms with Gasteiger partial charge in [-0.2, -0.15) is 0 Å². The average Bonchev–Trinajstić information content (AvgIpc) is 3.51. The van der Waals surface area contributed by atoms with Gasteiger partial charge in [0, 0.05) is 50.0 Å². The summed E-state index contributed by atoms with van der Waals surface area (Å²) in [5.41, 5.74) is 7.09. The molecule has 2 aromatic heterocycles. The third-order valence-corrected chi connectivity index (χ3v) is 7.85. The number of carboxylic acid groups (broad SMARTS) is 1. The van der Waals surface area contributed by atoms with E-state index in [2.05, 4.69) is 32.2 Å². The van der Waals surface area contributed by atoms with Gasteiger partial charge in [-0.3, -0.25) is 9.80 Å². The van der Waals surface area contributed by atoms with Crippen LogP contribution in [0.1, 0.15) is 32.0 Å². The summed E-state index contributed by atoms with van der Waals surface area (Å²) >= 11 is 2.71. The van der Waals surface area contributed by atoms with Crippen LogP contribution in [0.3, 0.4) is 0 Å². The highest BCUT2D eigenvalue weighted by atomic mass is 32.2. The molecular formula is C25H29FN6O2S2. The van der Waals surface area contributed by atoms with Gasteiger partial charge in [0.15, 0.2) is 4.34 Å². The van der Waals surface area contributed by atoms with Gasteiger partial charge in [0.2, 0.25) is 5.95 Å². The fraction of sp³-hybridized carbons (Fsp3) is 0.360. The first-order valence-electron chi connectivity index (χ1n) is 11.6. The van der Waals surface area contributed by atoms with Gasteiger partial charge in [-0.25, -0.2) is 24.8 Å². The number of anilines is 2. The Morgan fingerprint density at radius 1 is 1.33 bits per heavy atom. The third kappa shape index (κ3) is 6.59. The Morgan fingerprint density at radius 3 is 2.81 bits per heavy atom. The van der Waals surface area contributed by atoms with Gasteiger partial charge in [0.25, 0.3) is 0 Å². The number of hydrogen-bond acceptors (Lipinski definition) is 9. The minimum Gasteiger partial charge on any atom is -0.480 e. The molecule has 190 valence electrons. The molecule has 0 aliphatic carbocycles. The first kappa shape index (κ1) is 26.1. The van der Waals surface area contributed by atoms with E-state index in [-0.39, 0.29) is 5.82 Å². The van der Waals surface area contributed by atoms with Crippen molar-refractivity contribution < 1.29 is 14.3 Å². The standard InChI is InChI=1S/C25H29FN6O2S2/c1-4-17-11-27-23(28-12-17)31(9-8-20-16-35-24(30-20)36-25(2,3)22(33)34)14-18-13-29-32(15-18)21-7-5-6-19(26)10-21/h5-7,10-12,15-16,29H,4,8-9,13-14H2,1-3H3,(H,33,34). The number of hydrazine groups is 1. The van der Waals surface area contributed by atoms with Crippen LogP contribution >= 0.6 is 23.1 Å². The van der Waals surface area contributed by atoms with Crippen LogP contribution in [-0.4, -0.2) is 50.4 Å². The molecule has 8 nitrogen and oxygen atoms in total. The van der Waals surface area contributed by atoms with Crippen molar-refractivity contribution in [3.05, 3.63) is 70.9 Å². The van der Waals surface area contributed by atoms with E-state index >= 15 is 0 Å². The summed E-state index contributed by atoms with van der Waals surface area (Å²) in [6.07, 6.45) is 7.21. The highest BCUT2D eigenvalue weighted by Crippen LogP contribution is 2.34. The summed E-state index contributed by atoms with van der Waals surface area (Å²) in [6, 6.07) is 6.45. The first-order valence-corrected chi connectivity index (χ1v) is 13.3. The molecule has 1 aromatic carbocycles. The number of carboxylic acids is 1. The SMILES string of the molecule is CCc1cnc(N(CCc2csc(SC(C)(C)C(=O)O)n2)CC2=CN(c3cccc(F)c3)NC2)nc1. The van der Waals surface area contributed by atoms with Crippen molar-refractivity contribution in [1.82, 2.24) is 20.4 Å². The van der Waals surface area contributed by atoms with E-state index in [0.717, 1.165) is 33.3 Å². The highest BCUT2D eigenvalue weighted by Gasteiger charge is 2.30. The molecule has 0 spiro atoms. The van der Waals surface area contributed by atoms with Crippen molar-refractivity contribution in [2.75, 3.05) is 29.5 Å². The number of hydrogen-bond donors (Lipinski definition) is 2. The lowest BCUT2D eigenvalue weighted by Crippen LogP contribution is -2.32. The fourth-order valence-corrected chi connectivity index (χ4v) is 5.73. The minimum atomic E-state index is -0.939. The van der Waals surface area contributed by atoms with E-state index < -0.39 is 10.7 Å². The van der Waals surface area contributed by atoms with Crippen LogP contribution in [-0.2, 0) is 17.6 Å². The number of nitrogens with zero attached hydrogens (tertiary/aromatic N) is 5. The van der Waals surface area contributed by atoms with Gasteiger partial charge in [-0.05, 0) is 49.6 Å². The number of nitrogens with one attached hydrogen (secondary N) is 1. The molecule has 3 aromatic rings. The molecule has 3 heterocycles. The molecule has 11 heteroatoms. The Bertz CT molecular complexity index is 1230. The Labute approximate surface area is 218 Å². The minimum absolute atomic E-state index is 0.283. The van der Waals surface area contributed by atoms with Gasteiger partial charge in [-0.15, -0.1) is 11.3 Å². The van der Waals surface area contributed by atoms with E-state index in [0.29, 0.717) is 32.0 Å². The van der Waals surface area contributed by atoms with Crippen LogP contribution in [0, 0.1) is 5.82 Å². The molecule has 0 bridgehead atoms. The number of thiazole rings is 1. The lowest BCUT2D eigenvalue weighted by Gasteiger charge is -2.22. The predicted octanol–water partition coefficient (Wildman–Crippen LogP) is 4.55. The topological polar surface area (TPSA) is 94.5 Å². The smallest absolute Gasteiger partial charge is 0.319 e. The monoisotopic (exact) mass is 528 g/mol. The molecule has 4 rings (SSSR count). The number of halogens is 1. The Hall–Kier alpha value is -3.02. The summed E-state index contributed by atoms with van der Waals surface area (Å²) < 4.78 is 13.5. The lowest BCUT2D eigenvalue weighted by atomic mass is 10.2. The summed E-state index contributed by atoms with van der Waals surface area (Å²) in [6.45, 7) is 7.28. The molecule has 0 atom stereocenters. The van der Waals surface area contributed by atoms with Crippen molar-refractivity contribution in [3.63, 3.8) is 0 Å². The first-order chi connectivity index (χ1) is 17.2. The Balaban J connectivity index is 1.47. The molecular weight excluding hydrogens is 499 g/mol. The summed E-state index contributed by atoms with van der Waals surface area (Å²) in [5, 5.41) is 13.2. The number of benzene rings is 1. The van der Waals surface area contributed by atoms with E-state index in [4.69, 9.17) is 0 Å². The number of thioether (sulfide) groups is 1. The average molecular weight is 529 g/mol. The fourth-order valence-electron chi connectivity index (χ4n) is 3.50. The zero-order valence-corrected chi connectivity index (χ0v) is 22.1. The maximum absolute atomic E-state index is 13.7. The molecule has 36 heavy (non-hydrogen) atoms. The third-order valence-electron chi connectivity index (χ3n) is 5.68. The zero-order chi connectivity index (χ0) is 25.7. The van der Waals surface area contributed by atoms with Gasteiger partial charge in [-0.1, -0.05) is 24.8 Å². The highest BCUT2D eigenvalue weighted by molar-refractivity contribution is 8.03. The van der Waals surface area contributed by atoms with Gasteiger partial charge in [0.1, 0.15) is 10.6 Å². The van der Waals surface area contributed by atoms with Crippen molar-refractivity contribution >= 4 is 40.7 Å². The number of carbonyl (C=O) groups is 1. The summed E-state index contributed by atoms with van der Waals surface area (Å²) in [4.78, 5) is 27.4. The van der Waals surface area contributed by atoms with Crippen molar-refractivity contribution in [3.8, 4) is 0 Å². The molecule has 1 aliphatic heterocycles. The van der Waals surface area contributed by atoms with Crippen LogP contribution in [0.5, 0.6) is 0 Å². The Morgan fingerprint density at radius 2 is 2.11 bits per heavy atom. The molecule has 2 N–H and O–H groups in total. The van der Waals surface area contributed by atoms with Gasteiger partial charge >= 0.3 is 5.97 Å². The zero-order valence-electron chi connectivity index (χ0n) is 20.4. The van der Waals surface area contributed by atoms with Crippen LogP contribution in [0.25, 0.3) is 0 Å². The van der Waals surface area contributed by atoms with Crippen LogP contribution in [0.15, 0.2) is 58.2 Å². The van der Waals surface area contributed by atoms with Crippen LogP contribution < -0.4 is 15.3 Å². The molecule has 0 saturated heterocycles. The van der Waals surface area contributed by atoms with Gasteiger partial charge < -0.3 is 10.0 Å². The quantitative estimate of drug-likeness (QED) is 0.348. The largest absolute Gasteiger partial charge is 0.480 e. The maximum Gasteiger partial charge on any atom is 0.319 e.